The van der Waals surface area contributed by atoms with Crippen LogP contribution in [0.4, 0.5) is 0 Å². The number of guanidine groups is 1. The average Bonchev–Trinajstić information content (AvgIpc) is 2.49. The molecule has 5 nitrogen and oxygen atoms in total. The number of nitrogens with zero attached hydrogens (tertiary/aromatic N) is 1. The smallest absolute Gasteiger partial charge is 0.186 e. The van der Waals surface area contributed by atoms with E-state index < -0.39 is 0 Å². The highest BCUT2D eigenvalue weighted by Crippen LogP contribution is 2.36. The van der Waals surface area contributed by atoms with Crippen molar-refractivity contribution in [2.45, 2.75) is 50.4 Å². The fraction of sp³-hybridized carbons (Fsp3) is 0.909. The second-order valence-electron chi connectivity index (χ2n) is 4.64. The van der Waals surface area contributed by atoms with Gasteiger partial charge in [-0.25, -0.2) is 0 Å². The summed E-state index contributed by atoms with van der Waals surface area (Å²) in [5.74, 6) is -0.217. The van der Waals surface area contributed by atoms with E-state index in [9.17, 15) is 0 Å². The van der Waals surface area contributed by atoms with Crippen molar-refractivity contribution >= 4 is 5.96 Å². The van der Waals surface area contributed by atoms with Crippen molar-refractivity contribution < 1.29 is 9.47 Å². The van der Waals surface area contributed by atoms with E-state index in [4.69, 9.17) is 20.9 Å². The summed E-state index contributed by atoms with van der Waals surface area (Å²) in [7, 11) is 0. The highest BCUT2D eigenvalue weighted by atomic mass is 16.7. The van der Waals surface area contributed by atoms with Gasteiger partial charge >= 0.3 is 0 Å². The molecule has 1 spiro atoms. The number of hydrogen-bond donors (Lipinski definition) is 2. The standard InChI is InChI=1S/C11H21N3O2/c12-10(13)14-7-9-8-15-11(16-9)5-3-1-2-4-6-11/h9H,1-8H2,(H4,12,13,14)/t9-/m1/s1. The third-order valence-corrected chi connectivity index (χ3v) is 3.26. The van der Waals surface area contributed by atoms with Gasteiger partial charge in [0.2, 0.25) is 0 Å². The minimum atomic E-state index is -0.333. The maximum Gasteiger partial charge on any atom is 0.186 e. The van der Waals surface area contributed by atoms with Gasteiger partial charge in [0, 0.05) is 12.8 Å². The molecular formula is C11H21N3O2. The summed E-state index contributed by atoms with van der Waals surface area (Å²) in [4.78, 5) is 3.98. The predicted molar refractivity (Wildman–Crippen MR) is 61.9 cm³/mol. The minimum Gasteiger partial charge on any atom is -0.370 e. The highest BCUT2D eigenvalue weighted by molar-refractivity contribution is 5.75. The van der Waals surface area contributed by atoms with E-state index >= 15 is 0 Å². The summed E-state index contributed by atoms with van der Waals surface area (Å²) in [6.07, 6.45) is 6.97. The lowest BCUT2D eigenvalue weighted by Crippen LogP contribution is -2.31. The molecule has 5 heteroatoms. The Kier molecular flexibility index (Phi) is 3.66. The van der Waals surface area contributed by atoms with Crippen molar-refractivity contribution in [3.8, 4) is 0 Å². The first-order chi connectivity index (χ1) is 7.70. The van der Waals surface area contributed by atoms with Crippen LogP contribution >= 0.6 is 0 Å². The normalized spacial score (nSPS) is 28.9. The van der Waals surface area contributed by atoms with Gasteiger partial charge < -0.3 is 20.9 Å². The lowest BCUT2D eigenvalue weighted by Gasteiger charge is -2.26. The molecule has 0 amide bonds. The van der Waals surface area contributed by atoms with Crippen LogP contribution in [0.2, 0.25) is 0 Å². The van der Waals surface area contributed by atoms with Crippen LogP contribution in [0, 0.1) is 0 Å². The summed E-state index contributed by atoms with van der Waals surface area (Å²) in [5.41, 5.74) is 10.6. The Balaban J connectivity index is 1.87. The van der Waals surface area contributed by atoms with E-state index in [1.54, 1.807) is 0 Å². The molecule has 2 aliphatic rings. The molecule has 4 N–H and O–H groups in total. The molecule has 1 saturated heterocycles. The van der Waals surface area contributed by atoms with Crippen LogP contribution < -0.4 is 11.5 Å². The van der Waals surface area contributed by atoms with Gasteiger partial charge in [-0.05, 0) is 12.8 Å². The van der Waals surface area contributed by atoms with Crippen molar-refractivity contribution in [1.82, 2.24) is 0 Å². The average molecular weight is 227 g/mol. The van der Waals surface area contributed by atoms with Crippen molar-refractivity contribution in [2.75, 3.05) is 13.2 Å². The molecule has 1 saturated carbocycles. The Morgan fingerprint density at radius 1 is 1.19 bits per heavy atom. The topological polar surface area (TPSA) is 82.9 Å². The molecular weight excluding hydrogens is 206 g/mol. The van der Waals surface area contributed by atoms with Gasteiger partial charge in [0.1, 0.15) is 6.10 Å². The quantitative estimate of drug-likeness (QED) is 0.538. The van der Waals surface area contributed by atoms with Crippen LogP contribution in [0.3, 0.4) is 0 Å². The largest absolute Gasteiger partial charge is 0.370 e. The zero-order valence-corrected chi connectivity index (χ0v) is 9.65. The summed E-state index contributed by atoms with van der Waals surface area (Å²) in [6.45, 7) is 1.11. The number of aliphatic imine (C=N–C) groups is 1. The molecule has 0 unspecified atom stereocenters. The number of rotatable bonds is 2. The van der Waals surface area contributed by atoms with E-state index in [0.717, 1.165) is 12.8 Å². The molecule has 1 heterocycles. The fourth-order valence-electron chi connectivity index (χ4n) is 2.44. The van der Waals surface area contributed by atoms with Crippen LogP contribution in [-0.2, 0) is 9.47 Å². The van der Waals surface area contributed by atoms with E-state index in [1.165, 1.54) is 25.7 Å². The highest BCUT2D eigenvalue weighted by Gasteiger charge is 2.41. The Morgan fingerprint density at radius 3 is 2.50 bits per heavy atom. The molecule has 2 fully saturated rings. The monoisotopic (exact) mass is 227 g/mol. The van der Waals surface area contributed by atoms with Gasteiger partial charge in [0.15, 0.2) is 11.7 Å². The number of ether oxygens (including phenoxy) is 2. The third-order valence-electron chi connectivity index (χ3n) is 3.26. The van der Waals surface area contributed by atoms with Crippen LogP contribution in [0.1, 0.15) is 38.5 Å². The van der Waals surface area contributed by atoms with Crippen molar-refractivity contribution in [3.63, 3.8) is 0 Å². The van der Waals surface area contributed by atoms with Gasteiger partial charge in [0.25, 0.3) is 0 Å². The van der Waals surface area contributed by atoms with Gasteiger partial charge in [-0.3, -0.25) is 4.99 Å². The van der Waals surface area contributed by atoms with Crippen LogP contribution in [-0.4, -0.2) is 31.0 Å². The SMILES string of the molecule is NC(N)=NC[C@@H]1COC2(CCCCCC2)O1. The van der Waals surface area contributed by atoms with Crippen LogP contribution in [0.25, 0.3) is 0 Å². The first-order valence-corrected chi connectivity index (χ1v) is 6.07. The third kappa shape index (κ3) is 2.86. The van der Waals surface area contributed by atoms with Crippen molar-refractivity contribution in [1.29, 1.82) is 0 Å². The summed E-state index contributed by atoms with van der Waals surface area (Å²) >= 11 is 0. The molecule has 0 aromatic rings. The molecule has 2 rings (SSSR count). The Hall–Kier alpha value is -0.810. The molecule has 1 atom stereocenters. The van der Waals surface area contributed by atoms with E-state index in [-0.39, 0.29) is 17.9 Å². The van der Waals surface area contributed by atoms with E-state index in [1.807, 2.05) is 0 Å². The van der Waals surface area contributed by atoms with Crippen molar-refractivity contribution in [2.24, 2.45) is 16.5 Å². The van der Waals surface area contributed by atoms with E-state index in [2.05, 4.69) is 4.99 Å². The minimum absolute atomic E-state index is 0.0141. The van der Waals surface area contributed by atoms with Gasteiger partial charge in [-0.1, -0.05) is 12.8 Å². The lowest BCUT2D eigenvalue weighted by molar-refractivity contribution is -0.174. The molecule has 0 bridgehead atoms. The van der Waals surface area contributed by atoms with Gasteiger partial charge in [-0.2, -0.15) is 0 Å². The first-order valence-electron chi connectivity index (χ1n) is 6.07. The summed E-state index contributed by atoms with van der Waals surface area (Å²) in [6, 6.07) is 0. The lowest BCUT2D eigenvalue weighted by atomic mass is 10.1. The van der Waals surface area contributed by atoms with Crippen LogP contribution in [0.15, 0.2) is 4.99 Å². The molecule has 0 radical (unpaired) electrons. The molecule has 0 aromatic heterocycles. The maximum absolute atomic E-state index is 5.98. The van der Waals surface area contributed by atoms with Crippen LogP contribution in [0.5, 0.6) is 0 Å². The Morgan fingerprint density at radius 2 is 1.88 bits per heavy atom. The zero-order chi connectivity index (χ0) is 11.4. The second-order valence-corrected chi connectivity index (χ2v) is 4.64. The van der Waals surface area contributed by atoms with E-state index in [0.29, 0.717) is 13.2 Å². The maximum atomic E-state index is 5.98. The zero-order valence-electron chi connectivity index (χ0n) is 9.65. The molecule has 1 aliphatic heterocycles. The Bertz CT molecular complexity index is 256. The first kappa shape index (κ1) is 11.7. The van der Waals surface area contributed by atoms with Gasteiger partial charge in [-0.15, -0.1) is 0 Å². The number of nitrogens with two attached hydrogens (primary N) is 2. The predicted octanol–water partition coefficient (Wildman–Crippen LogP) is 0.726. The van der Waals surface area contributed by atoms with Gasteiger partial charge in [0.05, 0.1) is 13.2 Å². The molecule has 0 aromatic carbocycles. The van der Waals surface area contributed by atoms with Crippen molar-refractivity contribution in [3.05, 3.63) is 0 Å². The fourth-order valence-corrected chi connectivity index (χ4v) is 2.44. The number of hydrogen-bond acceptors (Lipinski definition) is 3. The summed E-state index contributed by atoms with van der Waals surface area (Å²) < 4.78 is 11.8. The molecule has 16 heavy (non-hydrogen) atoms. The molecule has 92 valence electrons. The Labute approximate surface area is 96.2 Å². The second kappa shape index (κ2) is 5.01. The summed E-state index contributed by atoms with van der Waals surface area (Å²) in [5, 5.41) is 0. The molecule has 1 aliphatic carbocycles.